The molecule has 17 heavy (non-hydrogen) atoms. The van der Waals surface area contributed by atoms with Gasteiger partial charge in [-0.25, -0.2) is 4.98 Å². The van der Waals surface area contributed by atoms with Crippen LogP contribution in [0.15, 0.2) is 18.2 Å². The van der Waals surface area contributed by atoms with Crippen LogP contribution >= 0.6 is 0 Å². The number of hydrogen-bond donors (Lipinski definition) is 0. The van der Waals surface area contributed by atoms with Gasteiger partial charge < -0.3 is 9.30 Å². The number of fused-ring (bicyclic) bond motifs is 1. The summed E-state index contributed by atoms with van der Waals surface area (Å²) in [6.45, 7) is 3.35. The summed E-state index contributed by atoms with van der Waals surface area (Å²) in [4.78, 5) is 4.52. The van der Waals surface area contributed by atoms with Crippen molar-refractivity contribution in [2.45, 2.75) is 13.3 Å². The first-order valence-electron chi connectivity index (χ1n) is 5.70. The molecule has 0 aliphatic carbocycles. The van der Waals surface area contributed by atoms with E-state index in [1.807, 2.05) is 30.7 Å². The molecule has 4 heteroatoms. The Morgan fingerprint density at radius 1 is 1.47 bits per heavy atom. The van der Waals surface area contributed by atoms with Gasteiger partial charge in [-0.15, -0.1) is 0 Å². The molecule has 2 aromatic rings. The maximum absolute atomic E-state index is 9.03. The molecule has 0 fully saturated rings. The predicted molar refractivity (Wildman–Crippen MR) is 65.6 cm³/mol. The summed E-state index contributed by atoms with van der Waals surface area (Å²) in [5.74, 6) is 0.955. The molecule has 2 rings (SSSR count). The van der Waals surface area contributed by atoms with Crippen LogP contribution in [0, 0.1) is 11.3 Å². The van der Waals surface area contributed by atoms with Gasteiger partial charge in [-0.05, 0) is 19.1 Å². The van der Waals surface area contributed by atoms with Crippen molar-refractivity contribution in [2.24, 2.45) is 7.05 Å². The van der Waals surface area contributed by atoms with Crippen molar-refractivity contribution in [1.29, 1.82) is 5.26 Å². The second-order valence-electron chi connectivity index (χ2n) is 3.82. The molecule has 1 aromatic heterocycles. The number of ether oxygens (including phenoxy) is 1. The standard InChI is InChI=1S/C13H15N3O/c1-3-17-8-7-12-15-13-10(9-14)5-4-6-11(13)16(12)2/h4-6H,3,7-8H2,1-2H3. The number of aryl methyl sites for hydroxylation is 1. The summed E-state index contributed by atoms with van der Waals surface area (Å²) in [6, 6.07) is 7.83. The van der Waals surface area contributed by atoms with E-state index in [-0.39, 0.29) is 0 Å². The zero-order valence-corrected chi connectivity index (χ0v) is 10.1. The van der Waals surface area contributed by atoms with E-state index in [4.69, 9.17) is 10.00 Å². The fraction of sp³-hybridized carbons (Fsp3) is 0.385. The number of hydrogen-bond acceptors (Lipinski definition) is 3. The minimum absolute atomic E-state index is 0.626. The number of nitriles is 1. The normalized spacial score (nSPS) is 10.6. The highest BCUT2D eigenvalue weighted by Gasteiger charge is 2.10. The maximum Gasteiger partial charge on any atom is 0.111 e. The minimum Gasteiger partial charge on any atom is -0.381 e. The average Bonchev–Trinajstić information content (AvgIpc) is 2.67. The molecular weight excluding hydrogens is 214 g/mol. The SMILES string of the molecule is CCOCCc1nc2c(C#N)cccc2n1C. The van der Waals surface area contributed by atoms with Gasteiger partial charge in [-0.2, -0.15) is 5.26 Å². The van der Waals surface area contributed by atoms with Crippen LogP contribution in [0.4, 0.5) is 0 Å². The lowest BCUT2D eigenvalue weighted by molar-refractivity contribution is 0.149. The van der Waals surface area contributed by atoms with Crippen molar-refractivity contribution in [3.05, 3.63) is 29.6 Å². The Hall–Kier alpha value is -1.86. The van der Waals surface area contributed by atoms with Gasteiger partial charge in [-0.3, -0.25) is 0 Å². The Morgan fingerprint density at radius 3 is 3.00 bits per heavy atom. The lowest BCUT2D eigenvalue weighted by atomic mass is 10.2. The summed E-state index contributed by atoms with van der Waals surface area (Å²) >= 11 is 0. The summed E-state index contributed by atoms with van der Waals surface area (Å²) in [5, 5.41) is 9.03. The lowest BCUT2D eigenvalue weighted by Gasteiger charge is -2.02. The Balaban J connectivity index is 2.39. The lowest BCUT2D eigenvalue weighted by Crippen LogP contribution is -2.03. The van der Waals surface area contributed by atoms with E-state index in [1.54, 1.807) is 6.07 Å². The molecule has 1 aromatic carbocycles. The average molecular weight is 229 g/mol. The van der Waals surface area contributed by atoms with Crippen molar-refractivity contribution in [2.75, 3.05) is 13.2 Å². The molecule has 1 heterocycles. The number of nitrogens with zero attached hydrogens (tertiary/aromatic N) is 3. The Kier molecular flexibility index (Phi) is 3.40. The molecule has 0 bridgehead atoms. The van der Waals surface area contributed by atoms with Crippen LogP contribution in [-0.4, -0.2) is 22.8 Å². The number of aromatic nitrogens is 2. The third-order valence-corrected chi connectivity index (χ3v) is 2.80. The van der Waals surface area contributed by atoms with Crippen molar-refractivity contribution in [3.8, 4) is 6.07 Å². The zero-order valence-electron chi connectivity index (χ0n) is 10.1. The Labute approximate surface area is 100 Å². The monoisotopic (exact) mass is 229 g/mol. The van der Waals surface area contributed by atoms with Crippen molar-refractivity contribution >= 4 is 11.0 Å². The van der Waals surface area contributed by atoms with Gasteiger partial charge in [0.15, 0.2) is 0 Å². The fourth-order valence-electron chi connectivity index (χ4n) is 1.88. The van der Waals surface area contributed by atoms with E-state index in [9.17, 15) is 0 Å². The number of rotatable bonds is 4. The second-order valence-corrected chi connectivity index (χ2v) is 3.82. The molecule has 0 saturated carbocycles. The highest BCUT2D eigenvalue weighted by Crippen LogP contribution is 2.18. The Morgan fingerprint density at radius 2 is 2.29 bits per heavy atom. The quantitative estimate of drug-likeness (QED) is 0.754. The van der Waals surface area contributed by atoms with Crippen LogP contribution in [0.3, 0.4) is 0 Å². The van der Waals surface area contributed by atoms with E-state index in [2.05, 4.69) is 11.1 Å². The van der Waals surface area contributed by atoms with Crippen LogP contribution in [0.25, 0.3) is 11.0 Å². The third kappa shape index (κ3) is 2.15. The molecule has 0 unspecified atom stereocenters. The largest absolute Gasteiger partial charge is 0.381 e. The minimum atomic E-state index is 0.626. The van der Waals surface area contributed by atoms with Crippen molar-refractivity contribution in [3.63, 3.8) is 0 Å². The molecule has 0 radical (unpaired) electrons. The van der Waals surface area contributed by atoms with E-state index >= 15 is 0 Å². The van der Waals surface area contributed by atoms with Gasteiger partial charge in [0, 0.05) is 20.1 Å². The van der Waals surface area contributed by atoms with Crippen molar-refractivity contribution in [1.82, 2.24) is 9.55 Å². The first-order valence-corrected chi connectivity index (χ1v) is 5.70. The molecule has 4 nitrogen and oxygen atoms in total. The van der Waals surface area contributed by atoms with Gasteiger partial charge in [-0.1, -0.05) is 6.07 Å². The van der Waals surface area contributed by atoms with Gasteiger partial charge in [0.25, 0.3) is 0 Å². The smallest absolute Gasteiger partial charge is 0.111 e. The summed E-state index contributed by atoms with van der Waals surface area (Å²) in [6.07, 6.45) is 0.768. The predicted octanol–water partition coefficient (Wildman–Crippen LogP) is 2.02. The fourth-order valence-corrected chi connectivity index (χ4v) is 1.88. The third-order valence-electron chi connectivity index (χ3n) is 2.80. The van der Waals surface area contributed by atoms with E-state index < -0.39 is 0 Å². The highest BCUT2D eigenvalue weighted by atomic mass is 16.5. The van der Waals surface area contributed by atoms with Crippen LogP contribution in [0.1, 0.15) is 18.3 Å². The number of para-hydroxylation sites is 1. The van der Waals surface area contributed by atoms with Gasteiger partial charge >= 0.3 is 0 Å². The summed E-state index contributed by atoms with van der Waals surface area (Å²) in [7, 11) is 1.97. The van der Waals surface area contributed by atoms with Crippen LogP contribution < -0.4 is 0 Å². The second kappa shape index (κ2) is 4.98. The van der Waals surface area contributed by atoms with Crippen LogP contribution in [-0.2, 0) is 18.2 Å². The van der Waals surface area contributed by atoms with E-state index in [0.717, 1.165) is 23.3 Å². The summed E-state index contributed by atoms with van der Waals surface area (Å²) in [5.41, 5.74) is 2.40. The van der Waals surface area contributed by atoms with E-state index in [1.165, 1.54) is 0 Å². The molecule has 0 spiro atoms. The zero-order chi connectivity index (χ0) is 12.3. The molecule has 0 aliphatic heterocycles. The maximum atomic E-state index is 9.03. The number of benzene rings is 1. The van der Waals surface area contributed by atoms with Crippen LogP contribution in [0.2, 0.25) is 0 Å². The first-order chi connectivity index (χ1) is 8.27. The van der Waals surface area contributed by atoms with Crippen LogP contribution in [0.5, 0.6) is 0 Å². The molecule has 0 N–H and O–H groups in total. The summed E-state index contributed by atoms with van der Waals surface area (Å²) < 4.78 is 7.35. The van der Waals surface area contributed by atoms with Gasteiger partial charge in [0.2, 0.25) is 0 Å². The van der Waals surface area contributed by atoms with Crippen molar-refractivity contribution < 1.29 is 4.74 Å². The van der Waals surface area contributed by atoms with E-state index in [0.29, 0.717) is 18.8 Å². The van der Waals surface area contributed by atoms with Gasteiger partial charge in [0.1, 0.15) is 17.4 Å². The molecule has 0 aliphatic rings. The molecule has 0 saturated heterocycles. The molecule has 0 amide bonds. The number of imidazole rings is 1. The Bertz CT molecular complexity index is 566. The molecular formula is C13H15N3O. The first kappa shape index (κ1) is 11.6. The molecule has 88 valence electrons. The topological polar surface area (TPSA) is 50.8 Å². The van der Waals surface area contributed by atoms with Gasteiger partial charge in [0.05, 0.1) is 17.7 Å². The molecule has 0 atom stereocenters. The highest BCUT2D eigenvalue weighted by molar-refractivity contribution is 5.82.